The molecular formula is C10H13Cl2N2O-. The Bertz CT molecular complexity index is 312. The maximum Gasteiger partial charge on any atom is 0.239 e. The molecule has 0 bridgehead atoms. The molecule has 84 valence electrons. The number of hydrogen-bond acceptors (Lipinski definition) is 2. The molecule has 0 aliphatic carbocycles. The zero-order valence-electron chi connectivity index (χ0n) is 8.63. The average Bonchev–Trinajstić information content (AvgIpc) is 2.18. The smallest absolute Gasteiger partial charge is 0.239 e. The lowest BCUT2D eigenvalue weighted by molar-refractivity contribution is -0.113. The summed E-state index contributed by atoms with van der Waals surface area (Å²) in [4.78, 5) is 12.9. The van der Waals surface area contributed by atoms with Crippen molar-refractivity contribution in [3.63, 3.8) is 0 Å². The summed E-state index contributed by atoms with van der Waals surface area (Å²) in [6.07, 6.45) is 0. The topological polar surface area (TPSA) is 32.3 Å². The van der Waals surface area contributed by atoms with Crippen LogP contribution in [-0.2, 0) is 4.79 Å². The van der Waals surface area contributed by atoms with E-state index in [1.54, 1.807) is 0 Å². The number of alkyl halides is 1. The fourth-order valence-electron chi connectivity index (χ4n) is 1.04. The zero-order valence-corrected chi connectivity index (χ0v) is 10.1. The predicted octanol–water partition coefficient (Wildman–Crippen LogP) is -1.07. The first-order chi connectivity index (χ1) is 6.63. The van der Waals surface area contributed by atoms with Crippen LogP contribution in [0, 0.1) is 0 Å². The first-order valence-electron chi connectivity index (χ1n) is 4.26. The lowest BCUT2D eigenvalue weighted by Gasteiger charge is -2.12. The highest BCUT2D eigenvalue weighted by molar-refractivity contribution is 6.29. The molecular weight excluding hydrogens is 235 g/mol. The second kappa shape index (κ2) is 6.53. The highest BCUT2D eigenvalue weighted by Crippen LogP contribution is 2.15. The van der Waals surface area contributed by atoms with E-state index in [0.29, 0.717) is 0 Å². The Morgan fingerprint density at radius 2 is 1.87 bits per heavy atom. The summed E-state index contributed by atoms with van der Waals surface area (Å²) < 4.78 is 0. The Labute approximate surface area is 101 Å². The van der Waals surface area contributed by atoms with Crippen molar-refractivity contribution in [2.24, 2.45) is 0 Å². The van der Waals surface area contributed by atoms with Crippen LogP contribution < -0.4 is 22.6 Å². The van der Waals surface area contributed by atoms with Crippen molar-refractivity contribution in [2.45, 2.75) is 0 Å². The van der Waals surface area contributed by atoms with Crippen molar-refractivity contribution < 1.29 is 17.2 Å². The number of carbonyl (C=O) groups excluding carboxylic acids is 1. The molecule has 1 aromatic rings. The van der Waals surface area contributed by atoms with E-state index in [1.165, 1.54) is 0 Å². The molecule has 0 heterocycles. The predicted molar refractivity (Wildman–Crippen MR) is 60.1 cm³/mol. The Morgan fingerprint density at radius 1 is 1.33 bits per heavy atom. The molecule has 0 saturated heterocycles. The van der Waals surface area contributed by atoms with E-state index in [4.69, 9.17) is 11.6 Å². The van der Waals surface area contributed by atoms with E-state index in [0.717, 1.165) is 11.4 Å². The number of nitrogens with zero attached hydrogens (tertiary/aromatic N) is 1. The van der Waals surface area contributed by atoms with Gasteiger partial charge in [-0.1, -0.05) is 0 Å². The van der Waals surface area contributed by atoms with Crippen LogP contribution >= 0.6 is 11.6 Å². The van der Waals surface area contributed by atoms with Gasteiger partial charge in [-0.25, -0.2) is 0 Å². The van der Waals surface area contributed by atoms with Gasteiger partial charge in [0.05, 0.1) is 0 Å². The lowest BCUT2D eigenvalue weighted by Crippen LogP contribution is -3.00. The minimum atomic E-state index is -0.190. The van der Waals surface area contributed by atoms with E-state index in [-0.39, 0.29) is 24.2 Å². The fraction of sp³-hybridized carbons (Fsp3) is 0.300. The Kier molecular flexibility index (Phi) is 6.13. The Morgan fingerprint density at radius 3 is 2.27 bits per heavy atom. The third-order valence-electron chi connectivity index (χ3n) is 1.79. The number of anilines is 2. The van der Waals surface area contributed by atoms with E-state index in [1.807, 2.05) is 43.3 Å². The minimum Gasteiger partial charge on any atom is -1.00 e. The first-order valence-corrected chi connectivity index (χ1v) is 4.80. The lowest BCUT2D eigenvalue weighted by atomic mass is 10.2. The van der Waals surface area contributed by atoms with Crippen LogP contribution in [0.1, 0.15) is 0 Å². The number of carbonyl (C=O) groups is 1. The molecule has 0 radical (unpaired) electrons. The molecule has 0 atom stereocenters. The fourth-order valence-corrected chi connectivity index (χ4v) is 1.10. The number of rotatable bonds is 3. The van der Waals surface area contributed by atoms with Crippen molar-refractivity contribution >= 4 is 28.9 Å². The molecule has 0 spiro atoms. The summed E-state index contributed by atoms with van der Waals surface area (Å²) in [6, 6.07) is 7.56. The van der Waals surface area contributed by atoms with Gasteiger partial charge in [0.1, 0.15) is 5.88 Å². The maximum absolute atomic E-state index is 10.9. The monoisotopic (exact) mass is 247 g/mol. The van der Waals surface area contributed by atoms with Crippen LogP contribution in [-0.4, -0.2) is 25.9 Å². The van der Waals surface area contributed by atoms with Crippen molar-refractivity contribution in [3.05, 3.63) is 24.3 Å². The number of benzene rings is 1. The van der Waals surface area contributed by atoms with Crippen molar-refractivity contribution in [1.29, 1.82) is 0 Å². The minimum absolute atomic E-state index is 0. The van der Waals surface area contributed by atoms with Gasteiger partial charge >= 0.3 is 0 Å². The van der Waals surface area contributed by atoms with Gasteiger partial charge in [0.15, 0.2) is 0 Å². The highest BCUT2D eigenvalue weighted by Gasteiger charge is 2.00. The normalized spacial score (nSPS) is 9.00. The Balaban J connectivity index is 0.00000196. The van der Waals surface area contributed by atoms with Gasteiger partial charge < -0.3 is 22.6 Å². The Hall–Kier alpha value is -0.930. The van der Waals surface area contributed by atoms with Gasteiger partial charge in [-0.2, -0.15) is 0 Å². The van der Waals surface area contributed by atoms with Gasteiger partial charge in [0.2, 0.25) is 5.91 Å². The number of amides is 1. The standard InChI is InChI=1S/C10H13ClN2O.ClH/c1-13(2)9-5-3-8(4-6-9)12-10(14)7-11;/h3-6H,7H2,1-2H3,(H,12,14);1H/p-1. The van der Waals surface area contributed by atoms with Crippen LogP contribution in [0.4, 0.5) is 11.4 Å². The molecule has 0 unspecified atom stereocenters. The van der Waals surface area contributed by atoms with Gasteiger partial charge in [-0.3, -0.25) is 4.79 Å². The molecule has 0 fully saturated rings. The zero-order chi connectivity index (χ0) is 10.6. The maximum atomic E-state index is 10.9. The number of hydrogen-bond donors (Lipinski definition) is 1. The van der Waals surface area contributed by atoms with Crippen molar-refractivity contribution in [3.8, 4) is 0 Å². The molecule has 0 aliphatic heterocycles. The molecule has 0 aliphatic rings. The van der Waals surface area contributed by atoms with Gasteiger partial charge in [0.25, 0.3) is 0 Å². The van der Waals surface area contributed by atoms with Gasteiger partial charge in [0, 0.05) is 25.5 Å². The van der Waals surface area contributed by atoms with Crippen LogP contribution in [0.25, 0.3) is 0 Å². The van der Waals surface area contributed by atoms with E-state index in [9.17, 15) is 4.79 Å². The van der Waals surface area contributed by atoms with Crippen LogP contribution in [0.15, 0.2) is 24.3 Å². The summed E-state index contributed by atoms with van der Waals surface area (Å²) in [5, 5.41) is 2.67. The molecule has 3 nitrogen and oxygen atoms in total. The summed E-state index contributed by atoms with van der Waals surface area (Å²) in [5.74, 6) is -0.209. The van der Waals surface area contributed by atoms with Gasteiger partial charge in [-0.15, -0.1) is 11.6 Å². The summed E-state index contributed by atoms with van der Waals surface area (Å²) >= 11 is 5.36. The van der Waals surface area contributed by atoms with Gasteiger partial charge in [-0.05, 0) is 24.3 Å². The van der Waals surface area contributed by atoms with E-state index in [2.05, 4.69) is 5.32 Å². The highest BCUT2D eigenvalue weighted by atomic mass is 35.5. The second-order valence-corrected chi connectivity index (χ2v) is 3.39. The molecule has 1 rings (SSSR count). The summed E-state index contributed by atoms with van der Waals surface area (Å²) in [6.45, 7) is 0. The average molecular weight is 248 g/mol. The van der Waals surface area contributed by atoms with Crippen LogP contribution in [0.3, 0.4) is 0 Å². The molecule has 0 saturated carbocycles. The van der Waals surface area contributed by atoms with E-state index >= 15 is 0 Å². The summed E-state index contributed by atoms with van der Waals surface area (Å²) in [7, 11) is 3.93. The molecule has 1 aromatic carbocycles. The summed E-state index contributed by atoms with van der Waals surface area (Å²) in [5.41, 5.74) is 1.86. The number of nitrogens with one attached hydrogen (secondary N) is 1. The number of halogens is 2. The third-order valence-corrected chi connectivity index (χ3v) is 2.03. The van der Waals surface area contributed by atoms with Crippen LogP contribution in [0.2, 0.25) is 0 Å². The molecule has 5 heteroatoms. The third kappa shape index (κ3) is 4.40. The van der Waals surface area contributed by atoms with E-state index < -0.39 is 0 Å². The van der Waals surface area contributed by atoms with Crippen LogP contribution in [0.5, 0.6) is 0 Å². The molecule has 0 aromatic heterocycles. The van der Waals surface area contributed by atoms with Crippen molar-refractivity contribution in [1.82, 2.24) is 0 Å². The SMILES string of the molecule is CN(C)c1ccc(NC(=O)CCl)cc1.[Cl-]. The second-order valence-electron chi connectivity index (χ2n) is 3.12. The largest absolute Gasteiger partial charge is 1.00 e. The molecule has 1 amide bonds. The molecule has 15 heavy (non-hydrogen) atoms. The quantitative estimate of drug-likeness (QED) is 0.691. The molecule has 1 N–H and O–H groups in total. The van der Waals surface area contributed by atoms with Crippen molar-refractivity contribution in [2.75, 3.05) is 30.2 Å². The first kappa shape index (κ1) is 14.1.